The molecule has 2 rings (SSSR count). The highest BCUT2D eigenvalue weighted by Crippen LogP contribution is 2.28. The first-order valence-electron chi connectivity index (χ1n) is 8.05. The minimum absolute atomic E-state index is 0.0338. The van der Waals surface area contributed by atoms with Gasteiger partial charge < -0.3 is 15.8 Å². The van der Waals surface area contributed by atoms with E-state index in [0.29, 0.717) is 22.3 Å². The first-order valence-corrected chi connectivity index (χ1v) is 8.87. The van der Waals surface area contributed by atoms with Gasteiger partial charge in [0, 0.05) is 11.8 Å². The van der Waals surface area contributed by atoms with Gasteiger partial charge in [-0.15, -0.1) is 11.3 Å². The van der Waals surface area contributed by atoms with Gasteiger partial charge in [-0.2, -0.15) is 0 Å². The van der Waals surface area contributed by atoms with Crippen molar-refractivity contribution in [3.63, 3.8) is 0 Å². The van der Waals surface area contributed by atoms with E-state index >= 15 is 0 Å². The van der Waals surface area contributed by atoms with Crippen molar-refractivity contribution in [2.75, 3.05) is 5.32 Å². The molecular formula is C19H22N4O2S. The first-order chi connectivity index (χ1) is 12.4. The third-order valence-corrected chi connectivity index (χ3v) is 4.31. The lowest BCUT2D eigenvalue weighted by atomic mass is 10.3. The molecule has 0 aliphatic heterocycles. The Bertz CT molecular complexity index is 853. The molecule has 2 heterocycles. The number of carbonyl (C=O) groups is 1. The summed E-state index contributed by atoms with van der Waals surface area (Å²) in [4.78, 5) is 21.6. The van der Waals surface area contributed by atoms with Crippen LogP contribution in [-0.2, 0) is 4.74 Å². The summed E-state index contributed by atoms with van der Waals surface area (Å²) in [7, 11) is 0. The highest BCUT2D eigenvalue weighted by atomic mass is 32.1. The molecule has 0 fully saturated rings. The van der Waals surface area contributed by atoms with Gasteiger partial charge in [-0.25, -0.2) is 9.98 Å². The minimum atomic E-state index is -0.0338. The highest BCUT2D eigenvalue weighted by Gasteiger charge is 2.08. The van der Waals surface area contributed by atoms with E-state index in [0.717, 1.165) is 10.6 Å². The molecule has 0 aliphatic carbocycles. The summed E-state index contributed by atoms with van der Waals surface area (Å²) in [6, 6.07) is 9.32. The van der Waals surface area contributed by atoms with Crippen LogP contribution in [0.4, 0.5) is 5.82 Å². The van der Waals surface area contributed by atoms with Crippen LogP contribution in [0.3, 0.4) is 0 Å². The van der Waals surface area contributed by atoms with E-state index in [9.17, 15) is 4.79 Å². The Balaban J connectivity index is 2.16. The Morgan fingerprint density at radius 3 is 2.77 bits per heavy atom. The van der Waals surface area contributed by atoms with Crippen LogP contribution in [0.5, 0.6) is 0 Å². The molecule has 0 bridgehead atoms. The normalized spacial score (nSPS) is 11.8. The summed E-state index contributed by atoms with van der Waals surface area (Å²) < 4.78 is 5.55. The van der Waals surface area contributed by atoms with Crippen LogP contribution in [0.2, 0.25) is 0 Å². The minimum Gasteiger partial charge on any atom is -0.475 e. The zero-order chi connectivity index (χ0) is 19.1. The van der Waals surface area contributed by atoms with Crippen LogP contribution >= 0.6 is 11.3 Å². The number of ether oxygens (including phenoxy) is 1. The number of hydrogen-bond donors (Lipinski definition) is 2. The van der Waals surface area contributed by atoms with E-state index in [1.165, 1.54) is 17.7 Å². The molecule has 2 aromatic heterocycles. The summed E-state index contributed by atoms with van der Waals surface area (Å²) >= 11 is 1.42. The number of Topliss-reactive ketones (excluding diaryl/α,β-unsaturated/α-hetero) is 1. The second-order valence-electron chi connectivity index (χ2n) is 5.71. The molecule has 7 heteroatoms. The number of aromatic nitrogens is 1. The zero-order valence-corrected chi connectivity index (χ0v) is 15.8. The van der Waals surface area contributed by atoms with Crippen molar-refractivity contribution in [2.24, 2.45) is 10.7 Å². The number of nitrogens with two attached hydrogens (primary N) is 1. The van der Waals surface area contributed by atoms with Crippen molar-refractivity contribution in [3.8, 4) is 10.6 Å². The van der Waals surface area contributed by atoms with Crippen LogP contribution in [0, 0.1) is 0 Å². The Kier molecular flexibility index (Phi) is 6.68. The van der Waals surface area contributed by atoms with E-state index < -0.39 is 0 Å². The number of nitrogens with one attached hydrogen (secondary N) is 1. The number of anilines is 1. The number of carbonyl (C=O) groups excluding carboxylic acids is 1. The second kappa shape index (κ2) is 8.96. The molecule has 0 amide bonds. The molecule has 6 nitrogen and oxygen atoms in total. The maximum Gasteiger partial charge on any atom is 0.216 e. The van der Waals surface area contributed by atoms with Crippen molar-refractivity contribution >= 4 is 29.3 Å². The standard InChI is InChI=1S/C19H22N4O2S/c1-12(2)25-19(21-11-20)10-13(3)22-18-7-5-6-15(23-18)17-9-8-16(26-17)14(4)24/h5-12H,3H2,1-2,4H3,(H2,20,21)(H,22,23)/b19-10+. The summed E-state index contributed by atoms with van der Waals surface area (Å²) in [6.07, 6.45) is 2.79. The number of hydrogen-bond acceptors (Lipinski definition) is 6. The Labute approximate surface area is 157 Å². The van der Waals surface area contributed by atoms with E-state index in [1.807, 2.05) is 44.2 Å². The molecular weight excluding hydrogens is 348 g/mol. The van der Waals surface area contributed by atoms with Crippen molar-refractivity contribution in [3.05, 3.63) is 59.4 Å². The number of allylic oxidation sites excluding steroid dienone is 1. The smallest absolute Gasteiger partial charge is 0.216 e. The summed E-state index contributed by atoms with van der Waals surface area (Å²) in [6.45, 7) is 9.30. The lowest BCUT2D eigenvalue weighted by molar-refractivity contribution is 0.102. The van der Waals surface area contributed by atoms with Crippen LogP contribution in [-0.4, -0.2) is 23.2 Å². The number of aliphatic imine (C=N–C) groups is 1. The van der Waals surface area contributed by atoms with Gasteiger partial charge >= 0.3 is 0 Å². The molecule has 136 valence electrons. The molecule has 0 saturated carbocycles. The van der Waals surface area contributed by atoms with Crippen molar-refractivity contribution in [2.45, 2.75) is 26.9 Å². The largest absolute Gasteiger partial charge is 0.475 e. The van der Waals surface area contributed by atoms with Gasteiger partial charge in [0.1, 0.15) is 5.82 Å². The molecule has 3 N–H and O–H groups in total. The second-order valence-corrected chi connectivity index (χ2v) is 6.79. The summed E-state index contributed by atoms with van der Waals surface area (Å²) in [5, 5.41) is 3.10. The average Bonchev–Trinajstić information content (AvgIpc) is 3.05. The first kappa shape index (κ1) is 19.4. The lowest BCUT2D eigenvalue weighted by Gasteiger charge is -2.11. The molecule has 0 saturated heterocycles. The van der Waals surface area contributed by atoms with E-state index in [4.69, 9.17) is 10.5 Å². The SMILES string of the molecule is C=C(/C=C(\N=CN)OC(C)C)Nc1cccc(-c2ccc(C(C)=O)s2)n1. The fraction of sp³-hybridized carbons (Fsp3) is 0.211. The Hall–Kier alpha value is -2.93. The fourth-order valence-electron chi connectivity index (χ4n) is 2.07. The van der Waals surface area contributed by atoms with E-state index in [2.05, 4.69) is 21.9 Å². The zero-order valence-electron chi connectivity index (χ0n) is 15.0. The van der Waals surface area contributed by atoms with Crippen LogP contribution in [0.25, 0.3) is 10.6 Å². The third-order valence-electron chi connectivity index (χ3n) is 3.10. The van der Waals surface area contributed by atoms with Crippen LogP contribution in [0.1, 0.15) is 30.4 Å². The van der Waals surface area contributed by atoms with Gasteiger partial charge in [-0.05, 0) is 45.0 Å². The van der Waals surface area contributed by atoms with Crippen molar-refractivity contribution < 1.29 is 9.53 Å². The van der Waals surface area contributed by atoms with Gasteiger partial charge in [0.25, 0.3) is 0 Å². The number of thiophene rings is 1. The van der Waals surface area contributed by atoms with Gasteiger partial charge in [-0.1, -0.05) is 12.6 Å². The third kappa shape index (κ3) is 5.56. The number of nitrogens with zero attached hydrogens (tertiary/aromatic N) is 2. The predicted octanol–water partition coefficient (Wildman–Crippen LogP) is 4.19. The number of rotatable bonds is 8. The van der Waals surface area contributed by atoms with Crippen LogP contribution < -0.4 is 11.1 Å². The summed E-state index contributed by atoms with van der Waals surface area (Å²) in [5.74, 6) is 1.04. The molecule has 2 aromatic rings. The van der Waals surface area contributed by atoms with Gasteiger partial charge in [0.15, 0.2) is 5.78 Å². The Morgan fingerprint density at radius 1 is 1.38 bits per heavy atom. The Morgan fingerprint density at radius 2 is 2.15 bits per heavy atom. The van der Waals surface area contributed by atoms with E-state index in [-0.39, 0.29) is 11.9 Å². The average molecular weight is 370 g/mol. The lowest BCUT2D eigenvalue weighted by Crippen LogP contribution is -2.05. The molecule has 0 unspecified atom stereocenters. The topological polar surface area (TPSA) is 89.6 Å². The van der Waals surface area contributed by atoms with E-state index in [1.54, 1.807) is 13.0 Å². The quantitative estimate of drug-likeness (QED) is 0.239. The van der Waals surface area contributed by atoms with Crippen molar-refractivity contribution in [1.82, 2.24) is 4.98 Å². The maximum absolute atomic E-state index is 11.5. The number of ketones is 1. The summed E-state index contributed by atoms with van der Waals surface area (Å²) in [5.41, 5.74) is 6.69. The van der Waals surface area contributed by atoms with Crippen molar-refractivity contribution in [1.29, 1.82) is 0 Å². The molecule has 0 aromatic carbocycles. The predicted molar refractivity (Wildman–Crippen MR) is 107 cm³/mol. The fourth-order valence-corrected chi connectivity index (χ4v) is 2.94. The molecule has 0 spiro atoms. The van der Waals surface area contributed by atoms with Gasteiger partial charge in [0.05, 0.1) is 27.9 Å². The molecule has 26 heavy (non-hydrogen) atoms. The monoisotopic (exact) mass is 370 g/mol. The highest BCUT2D eigenvalue weighted by molar-refractivity contribution is 7.17. The molecule has 0 atom stereocenters. The maximum atomic E-state index is 11.5. The van der Waals surface area contributed by atoms with Crippen LogP contribution in [0.15, 0.2) is 59.6 Å². The number of pyridine rings is 1. The molecule has 0 aliphatic rings. The van der Waals surface area contributed by atoms with Gasteiger partial charge in [-0.3, -0.25) is 4.79 Å². The van der Waals surface area contributed by atoms with Gasteiger partial charge in [0.2, 0.25) is 5.88 Å². The molecule has 0 radical (unpaired) electrons.